The molecule has 0 amide bonds. The first-order chi connectivity index (χ1) is 17.4. The normalized spacial score (nSPS) is 16.7. The van der Waals surface area contributed by atoms with E-state index in [0.29, 0.717) is 0 Å². The van der Waals surface area contributed by atoms with Gasteiger partial charge in [0, 0.05) is 5.56 Å². The van der Waals surface area contributed by atoms with Crippen molar-refractivity contribution >= 4 is 28.7 Å². The van der Waals surface area contributed by atoms with Crippen LogP contribution in [0, 0.1) is 40.5 Å². The molecule has 17 nitrogen and oxygen atoms in total. The predicted molar refractivity (Wildman–Crippen MR) is 115 cm³/mol. The maximum absolute atomic E-state index is 12.9. The van der Waals surface area contributed by atoms with Gasteiger partial charge in [0.25, 0.3) is 5.75 Å². The third-order valence-electron chi connectivity index (χ3n) is 5.90. The zero-order valence-electron chi connectivity index (χ0n) is 17.6. The third-order valence-corrected chi connectivity index (χ3v) is 5.90. The van der Waals surface area contributed by atoms with Gasteiger partial charge in [-0.25, -0.2) is 4.79 Å². The van der Waals surface area contributed by atoms with Gasteiger partial charge in [-0.15, -0.1) is 0 Å². The SMILES string of the molecule is O=C1OC2(c3ccccc31)c1ccc(O)c([N+](=O)[O-])c1Oc1c([N+](=O)[O-])c(O)c([N+](=O)[O-])c([N+](=O)[O-])c12. The van der Waals surface area contributed by atoms with Crippen molar-refractivity contribution in [3.63, 3.8) is 0 Å². The molecule has 1 unspecified atom stereocenters. The number of nitro groups is 4. The van der Waals surface area contributed by atoms with Crippen LogP contribution in [0.5, 0.6) is 23.0 Å². The fourth-order valence-corrected chi connectivity index (χ4v) is 4.58. The number of ether oxygens (including phenoxy) is 2. The van der Waals surface area contributed by atoms with E-state index in [2.05, 4.69) is 0 Å². The molecule has 186 valence electrons. The number of benzene rings is 3. The highest BCUT2D eigenvalue weighted by Gasteiger charge is 2.63. The Labute approximate surface area is 201 Å². The van der Waals surface area contributed by atoms with Gasteiger partial charge in [-0.2, -0.15) is 0 Å². The summed E-state index contributed by atoms with van der Waals surface area (Å²) in [6.07, 6.45) is 0. The first-order valence-electron chi connectivity index (χ1n) is 9.81. The van der Waals surface area contributed by atoms with Crippen LogP contribution in [0.25, 0.3) is 0 Å². The van der Waals surface area contributed by atoms with Crippen LogP contribution < -0.4 is 4.74 Å². The summed E-state index contributed by atoms with van der Waals surface area (Å²) in [6, 6.07) is 6.91. The van der Waals surface area contributed by atoms with Crippen molar-refractivity contribution < 1.29 is 44.2 Å². The molecule has 0 saturated heterocycles. The maximum Gasteiger partial charge on any atom is 0.395 e. The van der Waals surface area contributed by atoms with Crippen LogP contribution in [0.4, 0.5) is 22.7 Å². The number of fused-ring (bicyclic) bond motifs is 6. The average molecular weight is 512 g/mol. The van der Waals surface area contributed by atoms with E-state index >= 15 is 0 Å². The van der Waals surface area contributed by atoms with E-state index in [4.69, 9.17) is 9.47 Å². The summed E-state index contributed by atoms with van der Waals surface area (Å²) in [5.41, 5.74) is -10.5. The van der Waals surface area contributed by atoms with Gasteiger partial charge in [0.1, 0.15) is 5.56 Å². The Balaban J connectivity index is 2.12. The largest absolute Gasteiger partial charge is 0.502 e. The molecule has 3 aromatic carbocycles. The summed E-state index contributed by atoms with van der Waals surface area (Å²) in [5.74, 6) is -6.03. The Kier molecular flexibility index (Phi) is 4.53. The molecular weight excluding hydrogens is 504 g/mol. The van der Waals surface area contributed by atoms with E-state index in [0.717, 1.165) is 12.1 Å². The molecule has 0 aliphatic carbocycles. The van der Waals surface area contributed by atoms with Crippen molar-refractivity contribution in [3.8, 4) is 23.0 Å². The lowest BCUT2D eigenvalue weighted by Crippen LogP contribution is -2.34. The van der Waals surface area contributed by atoms with Crippen molar-refractivity contribution in [1.82, 2.24) is 0 Å². The summed E-state index contributed by atoms with van der Waals surface area (Å²) >= 11 is 0. The molecule has 0 radical (unpaired) electrons. The number of esters is 1. The second-order valence-corrected chi connectivity index (χ2v) is 7.66. The number of rotatable bonds is 4. The second-order valence-electron chi connectivity index (χ2n) is 7.66. The van der Waals surface area contributed by atoms with E-state index < -0.39 is 88.1 Å². The van der Waals surface area contributed by atoms with Crippen LogP contribution in [0.2, 0.25) is 0 Å². The van der Waals surface area contributed by atoms with Crippen molar-refractivity contribution in [3.05, 3.63) is 99.1 Å². The lowest BCUT2D eigenvalue weighted by atomic mass is 9.76. The van der Waals surface area contributed by atoms with E-state index in [9.17, 15) is 55.5 Å². The number of phenolic OH excluding ortho intramolecular Hbond substituents is 2. The summed E-state index contributed by atoms with van der Waals surface area (Å²) in [5, 5.41) is 68.3. The summed E-state index contributed by atoms with van der Waals surface area (Å²) in [4.78, 5) is 55.4. The molecular formula is C20H8N4O13. The Morgan fingerprint density at radius 3 is 1.89 bits per heavy atom. The van der Waals surface area contributed by atoms with Gasteiger partial charge in [0.15, 0.2) is 5.75 Å². The molecule has 0 fully saturated rings. The minimum Gasteiger partial charge on any atom is -0.502 e. The molecule has 0 saturated carbocycles. The fraction of sp³-hybridized carbons (Fsp3) is 0.0500. The highest BCUT2D eigenvalue weighted by Crippen LogP contribution is 2.66. The zero-order valence-corrected chi connectivity index (χ0v) is 17.6. The minimum absolute atomic E-state index is 0.218. The quantitative estimate of drug-likeness (QED) is 0.289. The molecule has 2 N–H and O–H groups in total. The molecule has 2 heterocycles. The smallest absolute Gasteiger partial charge is 0.395 e. The number of nitro benzene ring substituents is 4. The predicted octanol–water partition coefficient (Wildman–Crippen LogP) is 3.30. The van der Waals surface area contributed by atoms with Gasteiger partial charge in [0.2, 0.25) is 17.1 Å². The van der Waals surface area contributed by atoms with Crippen molar-refractivity contribution in [1.29, 1.82) is 0 Å². The average Bonchev–Trinajstić information content (AvgIpc) is 3.10. The van der Waals surface area contributed by atoms with Gasteiger partial charge >= 0.3 is 28.7 Å². The summed E-state index contributed by atoms with van der Waals surface area (Å²) in [7, 11) is 0. The van der Waals surface area contributed by atoms with Crippen LogP contribution in [0.1, 0.15) is 27.0 Å². The van der Waals surface area contributed by atoms with Gasteiger partial charge < -0.3 is 19.7 Å². The van der Waals surface area contributed by atoms with Crippen LogP contribution >= 0.6 is 0 Å². The third kappa shape index (κ3) is 2.75. The summed E-state index contributed by atoms with van der Waals surface area (Å²) < 4.78 is 10.9. The lowest BCUT2D eigenvalue weighted by Gasteiger charge is -2.35. The number of hydrogen-bond donors (Lipinski definition) is 2. The van der Waals surface area contributed by atoms with Crippen molar-refractivity contribution in [2.45, 2.75) is 5.60 Å². The number of carbonyl (C=O) groups is 1. The Morgan fingerprint density at radius 2 is 1.30 bits per heavy atom. The van der Waals surface area contributed by atoms with E-state index in [-0.39, 0.29) is 11.1 Å². The maximum atomic E-state index is 12.9. The molecule has 17 heteroatoms. The van der Waals surface area contributed by atoms with E-state index in [1.165, 1.54) is 24.3 Å². The van der Waals surface area contributed by atoms with Crippen LogP contribution in [0.3, 0.4) is 0 Å². The molecule has 0 bridgehead atoms. The Morgan fingerprint density at radius 1 is 0.703 bits per heavy atom. The monoisotopic (exact) mass is 512 g/mol. The van der Waals surface area contributed by atoms with E-state index in [1.54, 1.807) is 0 Å². The minimum atomic E-state index is -2.62. The Hall–Kier alpha value is -5.87. The molecule has 1 spiro atoms. The van der Waals surface area contributed by atoms with Gasteiger partial charge in [-0.05, 0) is 18.2 Å². The highest BCUT2D eigenvalue weighted by molar-refractivity contribution is 5.98. The number of carbonyl (C=O) groups excluding carboxylic acids is 1. The molecule has 1 atom stereocenters. The number of nitrogens with zero attached hydrogens (tertiary/aromatic N) is 4. The number of hydrogen-bond acceptors (Lipinski definition) is 13. The molecule has 5 rings (SSSR count). The molecule has 2 aliphatic rings. The fourth-order valence-electron chi connectivity index (χ4n) is 4.58. The molecule has 2 aliphatic heterocycles. The van der Waals surface area contributed by atoms with Gasteiger partial charge in [-0.1, -0.05) is 18.2 Å². The lowest BCUT2D eigenvalue weighted by molar-refractivity contribution is -0.426. The number of aromatic hydroxyl groups is 2. The Bertz CT molecular complexity index is 1650. The zero-order chi connectivity index (χ0) is 27.0. The number of phenols is 2. The first-order valence-corrected chi connectivity index (χ1v) is 9.81. The second kappa shape index (κ2) is 7.31. The standard InChI is InChI=1S/C20H8N4O13/c25-10-6-5-9-17(12(10)21(28)29)36-18-11(20(9)8-4-2-1-3-7(8)19(27)37-20)13(22(30)31)14(23(32)33)16(26)15(18)24(34)35/h1-6,25-26H. The first kappa shape index (κ1) is 22.9. The van der Waals surface area contributed by atoms with Gasteiger partial charge in [-0.3, -0.25) is 40.5 Å². The molecule has 37 heavy (non-hydrogen) atoms. The van der Waals surface area contributed by atoms with Crippen LogP contribution in [0.15, 0.2) is 36.4 Å². The van der Waals surface area contributed by atoms with Crippen molar-refractivity contribution in [2.75, 3.05) is 0 Å². The molecule has 0 aromatic heterocycles. The van der Waals surface area contributed by atoms with Gasteiger partial charge in [0.05, 0.1) is 30.8 Å². The van der Waals surface area contributed by atoms with Crippen LogP contribution in [-0.4, -0.2) is 35.9 Å². The van der Waals surface area contributed by atoms with E-state index in [1.807, 2.05) is 0 Å². The topological polar surface area (TPSA) is 249 Å². The summed E-state index contributed by atoms with van der Waals surface area (Å²) in [6.45, 7) is 0. The molecule has 3 aromatic rings. The highest BCUT2D eigenvalue weighted by atomic mass is 16.7. The van der Waals surface area contributed by atoms with Crippen molar-refractivity contribution in [2.24, 2.45) is 0 Å². The van der Waals surface area contributed by atoms with Crippen LogP contribution in [-0.2, 0) is 10.3 Å².